The van der Waals surface area contributed by atoms with Crippen molar-refractivity contribution in [1.82, 2.24) is 0 Å². The van der Waals surface area contributed by atoms with Gasteiger partial charge in [0.2, 0.25) is 0 Å². The SMILES string of the molecule is Cc1ccccc1N1C(=O)C(=O)/C(=C(\O)c2ccccc2)C1c1ccccc1[N+](=O)[O-]. The highest BCUT2D eigenvalue weighted by atomic mass is 16.6. The van der Waals surface area contributed by atoms with E-state index in [1.165, 1.54) is 23.1 Å². The number of rotatable bonds is 4. The van der Waals surface area contributed by atoms with E-state index in [0.29, 0.717) is 16.8 Å². The summed E-state index contributed by atoms with van der Waals surface area (Å²) in [7, 11) is 0. The van der Waals surface area contributed by atoms with Crippen molar-refractivity contribution in [3.8, 4) is 0 Å². The van der Waals surface area contributed by atoms with E-state index in [-0.39, 0.29) is 22.6 Å². The van der Waals surface area contributed by atoms with Crippen LogP contribution in [0.5, 0.6) is 0 Å². The molecule has 7 heteroatoms. The van der Waals surface area contributed by atoms with Crippen molar-refractivity contribution in [2.24, 2.45) is 0 Å². The van der Waals surface area contributed by atoms with Crippen LogP contribution in [0.2, 0.25) is 0 Å². The summed E-state index contributed by atoms with van der Waals surface area (Å²) in [5.41, 5.74) is 1.22. The average molecular weight is 414 g/mol. The third-order valence-electron chi connectivity index (χ3n) is 5.29. The van der Waals surface area contributed by atoms with Crippen molar-refractivity contribution in [3.63, 3.8) is 0 Å². The van der Waals surface area contributed by atoms with Gasteiger partial charge in [0, 0.05) is 17.3 Å². The summed E-state index contributed by atoms with van der Waals surface area (Å²) in [5.74, 6) is -2.12. The Bertz CT molecular complexity index is 1230. The molecule has 4 rings (SSSR count). The fraction of sp³-hybridized carbons (Fsp3) is 0.0833. The molecule has 1 aliphatic rings. The molecule has 1 aliphatic heterocycles. The lowest BCUT2D eigenvalue weighted by Gasteiger charge is -2.26. The maximum atomic E-state index is 13.1. The molecule has 154 valence electrons. The van der Waals surface area contributed by atoms with Crippen molar-refractivity contribution in [2.45, 2.75) is 13.0 Å². The van der Waals surface area contributed by atoms with E-state index < -0.39 is 22.7 Å². The number of carbonyl (C=O) groups is 2. The van der Waals surface area contributed by atoms with Crippen LogP contribution in [0.15, 0.2) is 84.4 Å². The number of ketones is 1. The maximum Gasteiger partial charge on any atom is 0.300 e. The normalized spacial score (nSPS) is 17.7. The maximum absolute atomic E-state index is 13.1. The molecule has 0 bridgehead atoms. The second-order valence-corrected chi connectivity index (χ2v) is 7.14. The third-order valence-corrected chi connectivity index (χ3v) is 5.29. The summed E-state index contributed by atoms with van der Waals surface area (Å²) in [6.45, 7) is 1.78. The molecular formula is C24H18N2O5. The number of nitro groups is 1. The van der Waals surface area contributed by atoms with Crippen LogP contribution < -0.4 is 4.90 Å². The van der Waals surface area contributed by atoms with E-state index in [0.717, 1.165) is 0 Å². The van der Waals surface area contributed by atoms with Gasteiger partial charge < -0.3 is 5.11 Å². The Morgan fingerprint density at radius 2 is 1.55 bits per heavy atom. The number of amides is 1. The number of Topliss-reactive ketones (excluding diaryl/α,β-unsaturated/α-hetero) is 1. The molecular weight excluding hydrogens is 396 g/mol. The largest absolute Gasteiger partial charge is 0.507 e. The Kier molecular flexibility index (Phi) is 5.09. The molecule has 1 saturated heterocycles. The minimum Gasteiger partial charge on any atom is -0.507 e. The minimum atomic E-state index is -1.15. The first-order chi connectivity index (χ1) is 14.9. The first kappa shape index (κ1) is 20.0. The number of anilines is 1. The Morgan fingerprint density at radius 3 is 2.23 bits per heavy atom. The van der Waals surface area contributed by atoms with Gasteiger partial charge in [-0.1, -0.05) is 60.7 Å². The highest BCUT2D eigenvalue weighted by Crippen LogP contribution is 2.45. The standard InChI is InChI=1S/C24H18N2O5/c1-15-9-5-7-13-18(15)25-21(17-12-6-8-14-19(17)26(30)31)20(23(28)24(25)29)22(27)16-10-3-2-4-11-16/h2-14,21,27H,1H3/b22-20-. The molecule has 0 spiro atoms. The molecule has 1 atom stereocenters. The lowest BCUT2D eigenvalue weighted by molar-refractivity contribution is -0.385. The van der Waals surface area contributed by atoms with Gasteiger partial charge in [-0.15, -0.1) is 0 Å². The number of benzene rings is 3. The summed E-state index contributed by atoms with van der Waals surface area (Å²) in [5, 5.41) is 22.8. The molecule has 0 aromatic heterocycles. The van der Waals surface area contributed by atoms with E-state index in [9.17, 15) is 24.8 Å². The van der Waals surface area contributed by atoms with Crippen LogP contribution in [0.4, 0.5) is 11.4 Å². The summed E-state index contributed by atoms with van der Waals surface area (Å²) in [4.78, 5) is 38.6. The Hall–Kier alpha value is -4.26. The molecule has 3 aromatic rings. The van der Waals surface area contributed by atoms with Gasteiger partial charge in [0.15, 0.2) is 0 Å². The summed E-state index contributed by atoms with van der Waals surface area (Å²) in [6, 6.07) is 20.1. The fourth-order valence-electron chi connectivity index (χ4n) is 3.85. The van der Waals surface area contributed by atoms with Gasteiger partial charge in [-0.25, -0.2) is 0 Å². The quantitative estimate of drug-likeness (QED) is 0.222. The van der Waals surface area contributed by atoms with E-state index in [1.54, 1.807) is 67.6 Å². The van der Waals surface area contributed by atoms with Crippen LogP contribution in [-0.4, -0.2) is 21.7 Å². The third kappa shape index (κ3) is 3.36. The summed E-state index contributed by atoms with van der Waals surface area (Å²) < 4.78 is 0. The zero-order valence-electron chi connectivity index (χ0n) is 16.6. The lowest BCUT2D eigenvalue weighted by atomic mass is 9.94. The van der Waals surface area contributed by atoms with Gasteiger partial charge in [-0.3, -0.25) is 24.6 Å². The highest BCUT2D eigenvalue weighted by Gasteiger charge is 2.49. The second kappa shape index (κ2) is 7.87. The number of aliphatic hydroxyl groups is 1. The molecule has 0 saturated carbocycles. The number of aliphatic hydroxyl groups excluding tert-OH is 1. The predicted molar refractivity (Wildman–Crippen MR) is 116 cm³/mol. The first-order valence-corrected chi connectivity index (χ1v) is 9.57. The monoisotopic (exact) mass is 414 g/mol. The van der Waals surface area contributed by atoms with Gasteiger partial charge in [-0.05, 0) is 24.6 Å². The molecule has 0 aliphatic carbocycles. The van der Waals surface area contributed by atoms with Crippen LogP contribution >= 0.6 is 0 Å². The van der Waals surface area contributed by atoms with Crippen LogP contribution in [0.1, 0.15) is 22.7 Å². The first-order valence-electron chi connectivity index (χ1n) is 9.57. The molecule has 1 heterocycles. The fourth-order valence-corrected chi connectivity index (χ4v) is 3.85. The molecule has 7 nitrogen and oxygen atoms in total. The van der Waals surface area contributed by atoms with Gasteiger partial charge >= 0.3 is 0 Å². The molecule has 31 heavy (non-hydrogen) atoms. The van der Waals surface area contributed by atoms with Gasteiger partial charge in [0.1, 0.15) is 11.8 Å². The smallest absolute Gasteiger partial charge is 0.300 e. The number of hydrogen-bond donors (Lipinski definition) is 1. The molecule has 1 N–H and O–H groups in total. The van der Waals surface area contributed by atoms with Crippen LogP contribution in [-0.2, 0) is 9.59 Å². The second-order valence-electron chi connectivity index (χ2n) is 7.14. The van der Waals surface area contributed by atoms with Crippen molar-refractivity contribution >= 4 is 28.8 Å². The lowest BCUT2D eigenvalue weighted by Crippen LogP contribution is -2.30. The zero-order chi connectivity index (χ0) is 22.1. The topological polar surface area (TPSA) is 101 Å². The van der Waals surface area contributed by atoms with Crippen molar-refractivity contribution in [1.29, 1.82) is 0 Å². The molecule has 1 amide bonds. The summed E-state index contributed by atoms with van der Waals surface area (Å²) in [6.07, 6.45) is 0. The van der Waals surface area contributed by atoms with Crippen molar-refractivity contribution < 1.29 is 19.6 Å². The Labute approximate surface area is 178 Å². The number of carbonyl (C=O) groups excluding carboxylic acids is 2. The predicted octanol–water partition coefficient (Wildman–Crippen LogP) is 4.53. The van der Waals surface area contributed by atoms with E-state index in [1.807, 2.05) is 0 Å². The van der Waals surface area contributed by atoms with Crippen LogP contribution in [0, 0.1) is 17.0 Å². The highest BCUT2D eigenvalue weighted by molar-refractivity contribution is 6.51. The number of nitro benzene ring substituents is 1. The molecule has 1 unspecified atom stereocenters. The Balaban J connectivity index is 2.04. The molecule has 3 aromatic carbocycles. The van der Waals surface area contributed by atoms with Gasteiger partial charge in [0.25, 0.3) is 17.4 Å². The van der Waals surface area contributed by atoms with Crippen LogP contribution in [0.3, 0.4) is 0 Å². The molecule has 1 fully saturated rings. The zero-order valence-corrected chi connectivity index (χ0v) is 16.6. The number of nitrogens with zero attached hydrogens (tertiary/aromatic N) is 2. The summed E-state index contributed by atoms with van der Waals surface area (Å²) >= 11 is 0. The van der Waals surface area contributed by atoms with Gasteiger partial charge in [-0.2, -0.15) is 0 Å². The van der Waals surface area contributed by atoms with E-state index >= 15 is 0 Å². The molecule has 0 radical (unpaired) electrons. The average Bonchev–Trinajstić information content (AvgIpc) is 3.04. The minimum absolute atomic E-state index is 0.146. The van der Waals surface area contributed by atoms with Crippen molar-refractivity contribution in [3.05, 3.63) is 111 Å². The Morgan fingerprint density at radius 1 is 0.935 bits per heavy atom. The number of aryl methyl sites for hydroxylation is 1. The van der Waals surface area contributed by atoms with Crippen LogP contribution in [0.25, 0.3) is 5.76 Å². The van der Waals surface area contributed by atoms with E-state index in [2.05, 4.69) is 0 Å². The van der Waals surface area contributed by atoms with Gasteiger partial charge in [0.05, 0.1) is 16.1 Å². The number of hydrogen-bond acceptors (Lipinski definition) is 5. The number of para-hydroxylation sites is 2. The van der Waals surface area contributed by atoms with E-state index in [4.69, 9.17) is 0 Å². The van der Waals surface area contributed by atoms with Crippen molar-refractivity contribution in [2.75, 3.05) is 4.90 Å².